The second kappa shape index (κ2) is 7.36. The molecular weight excluding hydrogens is 278 g/mol. The first-order chi connectivity index (χ1) is 10.1. The third-order valence-corrected chi connectivity index (χ3v) is 3.61. The molecule has 1 aliphatic heterocycles. The predicted molar refractivity (Wildman–Crippen MR) is 74.8 cm³/mol. The maximum Gasteiger partial charge on any atom is 0.409 e. The molecule has 1 aliphatic rings. The molecule has 0 radical (unpaired) electrons. The van der Waals surface area contributed by atoms with Crippen molar-refractivity contribution in [2.24, 2.45) is 0 Å². The molecule has 116 valence electrons. The minimum atomic E-state index is -0.440. The Labute approximate surface area is 123 Å². The molecule has 0 spiro atoms. The van der Waals surface area contributed by atoms with E-state index in [0.29, 0.717) is 25.3 Å². The molecule has 1 saturated heterocycles. The van der Waals surface area contributed by atoms with Crippen LogP contribution in [-0.4, -0.2) is 36.7 Å². The highest BCUT2D eigenvalue weighted by atomic mass is 19.1. The van der Waals surface area contributed by atoms with Crippen LogP contribution in [0, 0.1) is 11.6 Å². The van der Waals surface area contributed by atoms with E-state index < -0.39 is 11.6 Å². The number of piperidine rings is 1. The van der Waals surface area contributed by atoms with Gasteiger partial charge in [-0.2, -0.15) is 0 Å². The van der Waals surface area contributed by atoms with E-state index in [2.05, 4.69) is 5.32 Å². The summed E-state index contributed by atoms with van der Waals surface area (Å²) >= 11 is 0. The van der Waals surface area contributed by atoms with Crippen molar-refractivity contribution in [2.45, 2.75) is 32.4 Å². The zero-order chi connectivity index (χ0) is 15.2. The summed E-state index contributed by atoms with van der Waals surface area (Å²) in [6.45, 7) is 3.66. The van der Waals surface area contributed by atoms with Gasteiger partial charge in [-0.3, -0.25) is 0 Å². The number of likely N-dealkylation sites (tertiary alicyclic amines) is 1. The van der Waals surface area contributed by atoms with Gasteiger partial charge in [-0.15, -0.1) is 0 Å². The van der Waals surface area contributed by atoms with E-state index >= 15 is 0 Å². The Kier molecular flexibility index (Phi) is 5.50. The third kappa shape index (κ3) is 4.39. The highest BCUT2D eigenvalue weighted by Gasteiger charge is 2.23. The Bertz CT molecular complexity index is 489. The van der Waals surface area contributed by atoms with Gasteiger partial charge in [0.25, 0.3) is 0 Å². The summed E-state index contributed by atoms with van der Waals surface area (Å²) in [4.78, 5) is 13.2. The minimum Gasteiger partial charge on any atom is -0.450 e. The third-order valence-electron chi connectivity index (χ3n) is 3.61. The van der Waals surface area contributed by atoms with Crippen molar-refractivity contribution in [2.75, 3.05) is 19.7 Å². The predicted octanol–water partition coefficient (Wildman–Crippen LogP) is 2.68. The zero-order valence-electron chi connectivity index (χ0n) is 12.1. The number of hydrogen-bond donors (Lipinski definition) is 1. The molecule has 4 nitrogen and oxygen atoms in total. The van der Waals surface area contributed by atoms with Crippen LogP contribution in [0.5, 0.6) is 0 Å². The Morgan fingerprint density at radius 2 is 2.10 bits per heavy atom. The fourth-order valence-electron chi connectivity index (χ4n) is 2.41. The van der Waals surface area contributed by atoms with Crippen LogP contribution < -0.4 is 5.32 Å². The molecule has 1 amide bonds. The largest absolute Gasteiger partial charge is 0.450 e. The number of carbonyl (C=O) groups is 1. The molecule has 0 atom stereocenters. The number of nitrogens with zero attached hydrogens (tertiary/aromatic N) is 1. The summed E-state index contributed by atoms with van der Waals surface area (Å²) in [5, 5.41) is 3.21. The summed E-state index contributed by atoms with van der Waals surface area (Å²) in [7, 11) is 0. The van der Waals surface area contributed by atoms with E-state index in [9.17, 15) is 13.6 Å². The standard InChI is InChI=1S/C15H20F2N2O2/c1-2-21-15(20)19-7-5-13(6-8-19)18-10-11-9-12(16)3-4-14(11)17/h3-4,9,13,18H,2,5-8,10H2,1H3. The average molecular weight is 298 g/mol. The van der Waals surface area contributed by atoms with Crippen LogP contribution in [0.25, 0.3) is 0 Å². The molecule has 1 aromatic carbocycles. The van der Waals surface area contributed by atoms with Crippen molar-refractivity contribution >= 4 is 6.09 Å². The summed E-state index contributed by atoms with van der Waals surface area (Å²) in [6.07, 6.45) is 1.26. The monoisotopic (exact) mass is 298 g/mol. The second-order valence-electron chi connectivity index (χ2n) is 5.08. The second-order valence-corrected chi connectivity index (χ2v) is 5.08. The van der Waals surface area contributed by atoms with E-state index in [1.165, 1.54) is 6.07 Å². The van der Waals surface area contributed by atoms with Crippen molar-refractivity contribution in [3.63, 3.8) is 0 Å². The molecule has 1 fully saturated rings. The van der Waals surface area contributed by atoms with E-state index in [1.807, 2.05) is 0 Å². The number of carbonyl (C=O) groups excluding carboxylic acids is 1. The van der Waals surface area contributed by atoms with Crippen molar-refractivity contribution in [3.05, 3.63) is 35.4 Å². The van der Waals surface area contributed by atoms with Crippen molar-refractivity contribution in [1.29, 1.82) is 0 Å². The van der Waals surface area contributed by atoms with Gasteiger partial charge in [0.2, 0.25) is 0 Å². The van der Waals surface area contributed by atoms with Gasteiger partial charge in [0.1, 0.15) is 11.6 Å². The lowest BCUT2D eigenvalue weighted by molar-refractivity contribution is 0.0950. The first-order valence-electron chi connectivity index (χ1n) is 7.19. The molecule has 0 unspecified atom stereocenters. The number of amides is 1. The number of rotatable bonds is 4. The quantitative estimate of drug-likeness (QED) is 0.929. The normalized spacial score (nSPS) is 16.0. The van der Waals surface area contributed by atoms with Crippen molar-refractivity contribution < 1.29 is 18.3 Å². The Hall–Kier alpha value is -1.69. The minimum absolute atomic E-state index is 0.193. The van der Waals surface area contributed by atoms with Crippen molar-refractivity contribution in [3.8, 4) is 0 Å². The van der Waals surface area contributed by atoms with Gasteiger partial charge in [-0.05, 0) is 38.0 Å². The first-order valence-corrected chi connectivity index (χ1v) is 7.19. The highest BCUT2D eigenvalue weighted by molar-refractivity contribution is 5.67. The van der Waals surface area contributed by atoms with Crippen LogP contribution in [-0.2, 0) is 11.3 Å². The maximum absolute atomic E-state index is 13.5. The van der Waals surface area contributed by atoms with E-state index in [4.69, 9.17) is 4.74 Å². The number of benzene rings is 1. The van der Waals surface area contributed by atoms with Crippen LogP contribution in [0.15, 0.2) is 18.2 Å². The lowest BCUT2D eigenvalue weighted by Crippen LogP contribution is -2.45. The fraction of sp³-hybridized carbons (Fsp3) is 0.533. The maximum atomic E-state index is 13.5. The summed E-state index contributed by atoms with van der Waals surface area (Å²) in [6, 6.07) is 3.64. The highest BCUT2D eigenvalue weighted by Crippen LogP contribution is 2.14. The molecule has 1 heterocycles. The SMILES string of the molecule is CCOC(=O)N1CCC(NCc2cc(F)ccc2F)CC1. The number of ether oxygens (including phenoxy) is 1. The smallest absolute Gasteiger partial charge is 0.409 e. The van der Waals surface area contributed by atoms with Gasteiger partial charge >= 0.3 is 6.09 Å². The molecule has 1 N–H and O–H groups in total. The molecule has 2 rings (SSSR count). The van der Waals surface area contributed by atoms with Gasteiger partial charge in [0.15, 0.2) is 0 Å². The Morgan fingerprint density at radius 3 is 2.76 bits per heavy atom. The summed E-state index contributed by atoms with van der Waals surface area (Å²) in [5.74, 6) is -0.849. The number of hydrogen-bond acceptors (Lipinski definition) is 3. The molecule has 21 heavy (non-hydrogen) atoms. The Morgan fingerprint density at radius 1 is 1.38 bits per heavy atom. The van der Waals surface area contributed by atoms with Gasteiger partial charge in [-0.25, -0.2) is 13.6 Å². The van der Waals surface area contributed by atoms with Gasteiger partial charge in [0, 0.05) is 31.2 Å². The van der Waals surface area contributed by atoms with Crippen LogP contribution in [0.1, 0.15) is 25.3 Å². The molecule has 0 bridgehead atoms. The summed E-state index contributed by atoms with van der Waals surface area (Å²) < 4.78 is 31.5. The lowest BCUT2D eigenvalue weighted by Gasteiger charge is -2.31. The molecular formula is C15H20F2N2O2. The number of halogens is 2. The molecule has 1 aromatic rings. The van der Waals surface area contributed by atoms with Crippen molar-refractivity contribution in [1.82, 2.24) is 10.2 Å². The zero-order valence-corrected chi connectivity index (χ0v) is 12.1. The number of nitrogens with one attached hydrogen (secondary N) is 1. The lowest BCUT2D eigenvalue weighted by atomic mass is 10.0. The summed E-state index contributed by atoms with van der Waals surface area (Å²) in [5.41, 5.74) is 0.322. The molecule has 0 aromatic heterocycles. The fourth-order valence-corrected chi connectivity index (χ4v) is 2.41. The van der Waals surface area contributed by atoms with Crippen LogP contribution >= 0.6 is 0 Å². The van der Waals surface area contributed by atoms with Gasteiger partial charge in [0.05, 0.1) is 6.61 Å². The van der Waals surface area contributed by atoms with Crippen LogP contribution in [0.4, 0.5) is 13.6 Å². The first kappa shape index (κ1) is 15.7. The van der Waals surface area contributed by atoms with E-state index in [-0.39, 0.29) is 18.7 Å². The van der Waals surface area contributed by atoms with Crippen LogP contribution in [0.2, 0.25) is 0 Å². The van der Waals surface area contributed by atoms with E-state index in [0.717, 1.165) is 25.0 Å². The van der Waals surface area contributed by atoms with E-state index in [1.54, 1.807) is 11.8 Å². The molecule has 0 saturated carbocycles. The van der Waals surface area contributed by atoms with Crippen LogP contribution in [0.3, 0.4) is 0 Å². The Balaban J connectivity index is 1.79. The van der Waals surface area contributed by atoms with Gasteiger partial charge < -0.3 is 15.0 Å². The molecule has 0 aliphatic carbocycles. The van der Waals surface area contributed by atoms with Gasteiger partial charge in [-0.1, -0.05) is 0 Å². The molecule has 6 heteroatoms. The average Bonchev–Trinajstić information content (AvgIpc) is 2.49. The topological polar surface area (TPSA) is 41.6 Å².